The maximum Gasteiger partial charge on any atom is 0.331 e. The van der Waals surface area contributed by atoms with E-state index in [1.165, 1.54) is 13.8 Å². The summed E-state index contributed by atoms with van der Waals surface area (Å²) in [7, 11) is 0. The van der Waals surface area contributed by atoms with Crippen LogP contribution in [0.4, 0.5) is 0 Å². The monoisotopic (exact) mass is 233 g/mol. The third-order valence-corrected chi connectivity index (χ3v) is 2.62. The molecule has 17 heavy (non-hydrogen) atoms. The topological polar surface area (TPSA) is 85.1 Å². The molecule has 6 heteroatoms. The predicted molar refractivity (Wildman–Crippen MR) is 60.8 cm³/mol. The fourth-order valence-corrected chi connectivity index (χ4v) is 1.45. The second kappa shape index (κ2) is 3.65. The first-order valence-corrected chi connectivity index (χ1v) is 5.03. The van der Waals surface area contributed by atoms with Crippen LogP contribution in [-0.4, -0.2) is 26.1 Å². The van der Waals surface area contributed by atoms with Crippen molar-refractivity contribution in [1.29, 1.82) is 0 Å². The number of benzene rings is 1. The van der Waals surface area contributed by atoms with Crippen molar-refractivity contribution in [1.82, 2.24) is 15.0 Å². The van der Waals surface area contributed by atoms with Crippen LogP contribution in [0.2, 0.25) is 0 Å². The molecule has 0 saturated heterocycles. The molecule has 0 saturated carbocycles. The van der Waals surface area contributed by atoms with Gasteiger partial charge in [0.15, 0.2) is 5.54 Å². The minimum Gasteiger partial charge on any atom is -0.479 e. The van der Waals surface area contributed by atoms with Gasteiger partial charge in [-0.2, -0.15) is 4.68 Å². The van der Waals surface area contributed by atoms with Crippen LogP contribution in [0.3, 0.4) is 0 Å². The third kappa shape index (κ3) is 1.67. The van der Waals surface area contributed by atoms with Gasteiger partial charge in [0.1, 0.15) is 5.52 Å². The Kier molecular flexibility index (Phi) is 2.42. The lowest BCUT2D eigenvalue weighted by Gasteiger charge is -2.19. The second-order valence-corrected chi connectivity index (χ2v) is 4.19. The molecule has 0 radical (unpaired) electrons. The number of rotatable bonds is 2. The van der Waals surface area contributed by atoms with Crippen LogP contribution in [0, 0.1) is 0 Å². The lowest BCUT2D eigenvalue weighted by Crippen LogP contribution is -2.44. The van der Waals surface area contributed by atoms with Gasteiger partial charge in [-0.3, -0.25) is 4.79 Å². The van der Waals surface area contributed by atoms with E-state index >= 15 is 0 Å². The van der Waals surface area contributed by atoms with Gasteiger partial charge < -0.3 is 5.11 Å². The Hall–Kier alpha value is -2.24. The second-order valence-electron chi connectivity index (χ2n) is 4.19. The molecule has 6 nitrogen and oxygen atoms in total. The Bertz CT molecular complexity index is 646. The van der Waals surface area contributed by atoms with Gasteiger partial charge in [-0.15, -0.1) is 5.10 Å². The SMILES string of the molecule is CC(C)(C(=O)O)n1nnc2ccccc2c1=O. The number of carbonyl (C=O) groups is 1. The van der Waals surface area contributed by atoms with E-state index in [4.69, 9.17) is 5.11 Å². The molecule has 2 aromatic rings. The van der Waals surface area contributed by atoms with Gasteiger partial charge in [0, 0.05) is 0 Å². The molecule has 2 rings (SSSR count). The van der Waals surface area contributed by atoms with Gasteiger partial charge in [0.05, 0.1) is 5.39 Å². The van der Waals surface area contributed by atoms with Gasteiger partial charge >= 0.3 is 5.97 Å². The molecular formula is C11H11N3O3. The van der Waals surface area contributed by atoms with E-state index in [0.717, 1.165) is 4.68 Å². The maximum absolute atomic E-state index is 12.1. The molecule has 0 aliphatic heterocycles. The zero-order valence-corrected chi connectivity index (χ0v) is 9.41. The summed E-state index contributed by atoms with van der Waals surface area (Å²) in [4.78, 5) is 23.2. The van der Waals surface area contributed by atoms with E-state index < -0.39 is 17.1 Å². The highest BCUT2D eigenvalue weighted by atomic mass is 16.4. The number of carboxylic acid groups (broad SMARTS) is 1. The lowest BCUT2D eigenvalue weighted by molar-refractivity contribution is -0.146. The number of fused-ring (bicyclic) bond motifs is 1. The van der Waals surface area contributed by atoms with E-state index in [1.807, 2.05) is 0 Å². The highest BCUT2D eigenvalue weighted by Crippen LogP contribution is 2.12. The number of nitrogens with zero attached hydrogens (tertiary/aromatic N) is 3. The molecule has 0 aliphatic carbocycles. The first-order chi connectivity index (χ1) is 7.94. The quantitative estimate of drug-likeness (QED) is 0.821. The number of aromatic nitrogens is 3. The Morgan fingerprint density at radius 3 is 2.65 bits per heavy atom. The number of aliphatic carboxylic acids is 1. The molecule has 0 amide bonds. The molecule has 88 valence electrons. The third-order valence-electron chi connectivity index (χ3n) is 2.62. The number of hydrogen-bond donors (Lipinski definition) is 1. The van der Waals surface area contributed by atoms with Crippen LogP contribution in [0.15, 0.2) is 29.1 Å². The van der Waals surface area contributed by atoms with Crippen LogP contribution in [-0.2, 0) is 10.3 Å². The summed E-state index contributed by atoms with van der Waals surface area (Å²) in [6.45, 7) is 2.81. The van der Waals surface area contributed by atoms with Gasteiger partial charge in [-0.1, -0.05) is 17.3 Å². The van der Waals surface area contributed by atoms with Crippen LogP contribution in [0.1, 0.15) is 13.8 Å². The van der Waals surface area contributed by atoms with Crippen LogP contribution in [0.25, 0.3) is 10.9 Å². The van der Waals surface area contributed by atoms with Gasteiger partial charge in [-0.25, -0.2) is 4.79 Å². The van der Waals surface area contributed by atoms with Crippen molar-refractivity contribution in [2.45, 2.75) is 19.4 Å². The smallest absolute Gasteiger partial charge is 0.331 e. The highest BCUT2D eigenvalue weighted by molar-refractivity contribution is 5.78. The van der Waals surface area contributed by atoms with E-state index in [1.54, 1.807) is 24.3 Å². The summed E-state index contributed by atoms with van der Waals surface area (Å²) in [6, 6.07) is 6.69. The van der Waals surface area contributed by atoms with Crippen molar-refractivity contribution >= 4 is 16.9 Å². The number of hydrogen-bond acceptors (Lipinski definition) is 4. The molecule has 0 fully saturated rings. The van der Waals surface area contributed by atoms with Gasteiger partial charge in [0.25, 0.3) is 5.56 Å². The van der Waals surface area contributed by atoms with Crippen LogP contribution >= 0.6 is 0 Å². The molecule has 0 bridgehead atoms. The first-order valence-electron chi connectivity index (χ1n) is 5.03. The average Bonchev–Trinajstić information content (AvgIpc) is 2.29. The van der Waals surface area contributed by atoms with Crippen molar-refractivity contribution in [3.05, 3.63) is 34.6 Å². The normalized spacial score (nSPS) is 11.6. The summed E-state index contributed by atoms with van der Waals surface area (Å²) < 4.78 is 0.887. The largest absolute Gasteiger partial charge is 0.479 e. The van der Waals surface area contributed by atoms with Crippen molar-refractivity contribution in [2.24, 2.45) is 0 Å². The Morgan fingerprint density at radius 1 is 1.35 bits per heavy atom. The summed E-state index contributed by atoms with van der Waals surface area (Å²) in [5, 5.41) is 16.9. The summed E-state index contributed by atoms with van der Waals surface area (Å²) in [5.74, 6) is -1.14. The van der Waals surface area contributed by atoms with Gasteiger partial charge in [-0.05, 0) is 26.0 Å². The minimum atomic E-state index is -1.42. The first kappa shape index (κ1) is 11.3. The number of carboxylic acids is 1. The molecule has 1 aromatic heterocycles. The molecule has 1 heterocycles. The predicted octanol–water partition coefficient (Wildman–Crippen LogP) is 0.611. The van der Waals surface area contributed by atoms with Crippen molar-refractivity contribution < 1.29 is 9.90 Å². The molecule has 0 aliphatic rings. The summed E-state index contributed by atoms with van der Waals surface area (Å²) in [6.07, 6.45) is 0. The lowest BCUT2D eigenvalue weighted by atomic mass is 10.1. The van der Waals surface area contributed by atoms with E-state index in [0.29, 0.717) is 10.9 Å². The van der Waals surface area contributed by atoms with E-state index in [2.05, 4.69) is 10.3 Å². The van der Waals surface area contributed by atoms with Crippen LogP contribution < -0.4 is 5.56 Å². The Morgan fingerprint density at radius 2 is 2.00 bits per heavy atom. The summed E-state index contributed by atoms with van der Waals surface area (Å²) >= 11 is 0. The average molecular weight is 233 g/mol. The standard InChI is InChI=1S/C11H11N3O3/c1-11(2,10(16)17)14-9(15)7-5-3-4-6-8(7)12-13-14/h3-6H,1-2H3,(H,16,17). The summed E-state index contributed by atoms with van der Waals surface area (Å²) in [5.41, 5.74) is -1.42. The molecule has 0 spiro atoms. The van der Waals surface area contributed by atoms with Crippen molar-refractivity contribution in [2.75, 3.05) is 0 Å². The Balaban J connectivity index is 2.78. The zero-order valence-electron chi connectivity index (χ0n) is 9.41. The molecule has 0 atom stereocenters. The minimum absolute atomic E-state index is 0.358. The Labute approximate surface area is 96.5 Å². The molecule has 1 aromatic carbocycles. The van der Waals surface area contributed by atoms with E-state index in [-0.39, 0.29) is 0 Å². The zero-order chi connectivity index (χ0) is 12.6. The van der Waals surface area contributed by atoms with Gasteiger partial charge in [0.2, 0.25) is 0 Å². The van der Waals surface area contributed by atoms with Crippen molar-refractivity contribution in [3.63, 3.8) is 0 Å². The fourth-order valence-electron chi connectivity index (χ4n) is 1.45. The van der Waals surface area contributed by atoms with Crippen molar-refractivity contribution in [3.8, 4) is 0 Å². The highest BCUT2D eigenvalue weighted by Gasteiger charge is 2.32. The van der Waals surface area contributed by atoms with E-state index in [9.17, 15) is 9.59 Å². The van der Waals surface area contributed by atoms with Crippen LogP contribution in [0.5, 0.6) is 0 Å². The maximum atomic E-state index is 12.1. The molecule has 1 N–H and O–H groups in total. The molecule has 0 unspecified atom stereocenters. The fraction of sp³-hybridized carbons (Fsp3) is 0.273. The molecular weight excluding hydrogens is 222 g/mol.